The van der Waals surface area contributed by atoms with Crippen LogP contribution in [0.1, 0.15) is 32.6 Å². The molecule has 2 aliphatic heterocycles. The number of piperidine rings is 1. The summed E-state index contributed by atoms with van der Waals surface area (Å²) in [5, 5.41) is 6.54. The Labute approximate surface area is 135 Å². The molecular weight excluding hydrogens is 276 g/mol. The summed E-state index contributed by atoms with van der Waals surface area (Å²) in [6.07, 6.45) is 4.27. The number of nitrogens with zero attached hydrogens (tertiary/aromatic N) is 2. The molecule has 0 spiro atoms. The van der Waals surface area contributed by atoms with Crippen molar-refractivity contribution in [1.29, 1.82) is 0 Å². The molecule has 0 aliphatic carbocycles. The van der Waals surface area contributed by atoms with Gasteiger partial charge in [-0.1, -0.05) is 6.92 Å². The Morgan fingerprint density at radius 3 is 2.77 bits per heavy atom. The summed E-state index contributed by atoms with van der Waals surface area (Å²) in [6.45, 7) is 11.0. The summed E-state index contributed by atoms with van der Waals surface area (Å²) < 4.78 is 0. The van der Waals surface area contributed by atoms with Gasteiger partial charge >= 0.3 is 0 Å². The van der Waals surface area contributed by atoms with Gasteiger partial charge in [0.15, 0.2) is 0 Å². The van der Waals surface area contributed by atoms with Crippen LogP contribution < -0.4 is 10.6 Å². The largest absolute Gasteiger partial charge is 0.356 e. The summed E-state index contributed by atoms with van der Waals surface area (Å²) in [5.74, 6) is 1.40. The minimum atomic E-state index is 0.233. The summed E-state index contributed by atoms with van der Waals surface area (Å²) in [6, 6.07) is 0. The van der Waals surface area contributed by atoms with E-state index in [9.17, 15) is 4.79 Å². The number of piperazine rings is 1. The third-order valence-electron chi connectivity index (χ3n) is 5.22. The van der Waals surface area contributed by atoms with Crippen LogP contribution in [0.2, 0.25) is 0 Å². The lowest BCUT2D eigenvalue weighted by Gasteiger charge is -2.32. The van der Waals surface area contributed by atoms with Crippen LogP contribution in [-0.2, 0) is 4.79 Å². The van der Waals surface area contributed by atoms with Crippen molar-refractivity contribution in [3.05, 3.63) is 0 Å². The lowest BCUT2D eigenvalue weighted by Crippen LogP contribution is -2.45. The molecule has 2 N–H and O–H groups in total. The standard InChI is InChI=1S/C17H34N4O/c1-15(16-5-3-6-18-14-16)13-17(22)19-7-4-8-21-11-9-20(2)10-12-21/h15-16,18H,3-14H2,1-2H3,(H,19,22). The van der Waals surface area contributed by atoms with Crippen LogP contribution in [0.3, 0.4) is 0 Å². The van der Waals surface area contributed by atoms with Gasteiger partial charge in [0.25, 0.3) is 0 Å². The first kappa shape index (κ1) is 17.7. The molecule has 128 valence electrons. The van der Waals surface area contributed by atoms with Gasteiger partial charge < -0.3 is 20.4 Å². The lowest BCUT2D eigenvalue weighted by molar-refractivity contribution is -0.122. The van der Waals surface area contributed by atoms with Gasteiger partial charge in [-0.2, -0.15) is 0 Å². The van der Waals surface area contributed by atoms with Crippen LogP contribution in [0, 0.1) is 11.8 Å². The molecule has 0 saturated carbocycles. The van der Waals surface area contributed by atoms with Gasteiger partial charge in [0, 0.05) is 39.1 Å². The minimum absolute atomic E-state index is 0.233. The summed E-state index contributed by atoms with van der Waals surface area (Å²) in [7, 11) is 2.18. The van der Waals surface area contributed by atoms with Crippen molar-refractivity contribution in [2.75, 3.05) is 59.4 Å². The molecule has 0 aromatic carbocycles. The normalized spacial score (nSPS) is 25.8. The number of carbonyl (C=O) groups is 1. The van der Waals surface area contributed by atoms with Gasteiger partial charge in [-0.3, -0.25) is 4.79 Å². The zero-order chi connectivity index (χ0) is 15.8. The first-order valence-electron chi connectivity index (χ1n) is 9.03. The molecule has 0 aromatic rings. The fourth-order valence-electron chi connectivity index (χ4n) is 3.50. The Kier molecular flexibility index (Phi) is 7.63. The highest BCUT2D eigenvalue weighted by atomic mass is 16.1. The molecule has 5 nitrogen and oxygen atoms in total. The molecule has 22 heavy (non-hydrogen) atoms. The van der Waals surface area contributed by atoms with Crippen LogP contribution in [0.5, 0.6) is 0 Å². The third kappa shape index (κ3) is 6.23. The van der Waals surface area contributed by atoms with E-state index in [-0.39, 0.29) is 5.91 Å². The van der Waals surface area contributed by atoms with Gasteiger partial charge in [-0.15, -0.1) is 0 Å². The molecule has 2 aliphatic rings. The maximum absolute atomic E-state index is 12.0. The van der Waals surface area contributed by atoms with Gasteiger partial charge in [0.05, 0.1) is 0 Å². The van der Waals surface area contributed by atoms with E-state index in [2.05, 4.69) is 34.4 Å². The molecule has 0 bridgehead atoms. The van der Waals surface area contributed by atoms with Crippen molar-refractivity contribution in [1.82, 2.24) is 20.4 Å². The summed E-state index contributed by atoms with van der Waals surface area (Å²) >= 11 is 0. The zero-order valence-electron chi connectivity index (χ0n) is 14.4. The van der Waals surface area contributed by atoms with E-state index in [1.807, 2.05) is 0 Å². The number of rotatable bonds is 7. The second-order valence-electron chi connectivity index (χ2n) is 7.14. The molecule has 2 fully saturated rings. The van der Waals surface area contributed by atoms with Gasteiger partial charge in [0.2, 0.25) is 5.91 Å². The molecule has 2 heterocycles. The zero-order valence-corrected chi connectivity index (χ0v) is 14.4. The van der Waals surface area contributed by atoms with E-state index in [1.165, 1.54) is 25.9 Å². The third-order valence-corrected chi connectivity index (χ3v) is 5.22. The molecule has 2 unspecified atom stereocenters. The summed E-state index contributed by atoms with van der Waals surface area (Å²) in [5.41, 5.74) is 0. The Hall–Kier alpha value is -0.650. The topological polar surface area (TPSA) is 47.6 Å². The van der Waals surface area contributed by atoms with E-state index in [1.54, 1.807) is 0 Å². The first-order valence-corrected chi connectivity index (χ1v) is 9.03. The highest BCUT2D eigenvalue weighted by Gasteiger charge is 2.21. The Balaban J connectivity index is 1.52. The van der Waals surface area contributed by atoms with Gasteiger partial charge in [0.1, 0.15) is 0 Å². The molecule has 1 amide bonds. The predicted molar refractivity (Wildman–Crippen MR) is 90.9 cm³/mol. The van der Waals surface area contributed by atoms with E-state index in [0.29, 0.717) is 18.3 Å². The van der Waals surface area contributed by atoms with E-state index in [0.717, 1.165) is 45.7 Å². The summed E-state index contributed by atoms with van der Waals surface area (Å²) in [4.78, 5) is 16.9. The van der Waals surface area contributed by atoms with Crippen molar-refractivity contribution in [3.63, 3.8) is 0 Å². The highest BCUT2D eigenvalue weighted by molar-refractivity contribution is 5.76. The van der Waals surface area contributed by atoms with Gasteiger partial charge in [-0.05, 0) is 57.8 Å². The molecule has 5 heteroatoms. The number of nitrogens with one attached hydrogen (secondary N) is 2. The average Bonchev–Trinajstić information content (AvgIpc) is 2.54. The monoisotopic (exact) mass is 310 g/mol. The van der Waals surface area contributed by atoms with Crippen molar-refractivity contribution in [3.8, 4) is 0 Å². The number of hydrogen-bond donors (Lipinski definition) is 2. The second kappa shape index (κ2) is 9.48. The maximum atomic E-state index is 12.0. The van der Waals surface area contributed by atoms with E-state index in [4.69, 9.17) is 0 Å². The fourth-order valence-corrected chi connectivity index (χ4v) is 3.50. The first-order chi connectivity index (χ1) is 10.6. The van der Waals surface area contributed by atoms with Crippen LogP contribution in [0.25, 0.3) is 0 Å². The highest BCUT2D eigenvalue weighted by Crippen LogP contribution is 2.22. The van der Waals surface area contributed by atoms with Crippen LogP contribution in [-0.4, -0.2) is 75.1 Å². The molecule has 2 saturated heterocycles. The van der Waals surface area contributed by atoms with Crippen molar-refractivity contribution in [2.24, 2.45) is 11.8 Å². The maximum Gasteiger partial charge on any atom is 0.220 e. The van der Waals surface area contributed by atoms with Crippen molar-refractivity contribution >= 4 is 5.91 Å². The smallest absolute Gasteiger partial charge is 0.220 e. The number of hydrogen-bond acceptors (Lipinski definition) is 4. The van der Waals surface area contributed by atoms with Crippen molar-refractivity contribution < 1.29 is 4.79 Å². The fraction of sp³-hybridized carbons (Fsp3) is 0.941. The van der Waals surface area contributed by atoms with Crippen LogP contribution in [0.4, 0.5) is 0 Å². The number of carbonyl (C=O) groups excluding carboxylic acids is 1. The predicted octanol–water partition coefficient (Wildman–Crippen LogP) is 0.766. The van der Waals surface area contributed by atoms with E-state index >= 15 is 0 Å². The number of amides is 1. The molecule has 2 rings (SSSR count). The van der Waals surface area contributed by atoms with Crippen LogP contribution in [0.15, 0.2) is 0 Å². The molecule has 0 aromatic heterocycles. The Morgan fingerprint density at radius 1 is 1.32 bits per heavy atom. The molecule has 2 atom stereocenters. The quantitative estimate of drug-likeness (QED) is 0.682. The molecule has 0 radical (unpaired) electrons. The van der Waals surface area contributed by atoms with E-state index < -0.39 is 0 Å². The number of likely N-dealkylation sites (N-methyl/N-ethyl adjacent to an activating group) is 1. The molecular formula is C17H34N4O. The van der Waals surface area contributed by atoms with Crippen LogP contribution >= 0.6 is 0 Å². The Bertz CT molecular complexity index is 323. The van der Waals surface area contributed by atoms with Crippen molar-refractivity contribution in [2.45, 2.75) is 32.6 Å². The second-order valence-corrected chi connectivity index (χ2v) is 7.14. The Morgan fingerprint density at radius 2 is 2.09 bits per heavy atom. The lowest BCUT2D eigenvalue weighted by atomic mass is 9.85. The average molecular weight is 310 g/mol. The van der Waals surface area contributed by atoms with Gasteiger partial charge in [-0.25, -0.2) is 0 Å². The minimum Gasteiger partial charge on any atom is -0.356 e. The SMILES string of the molecule is CC(CC(=O)NCCCN1CCN(C)CC1)C1CCCNC1.